The number of hydrogen-bond acceptors (Lipinski definition) is 5. The molecule has 1 aromatic carbocycles. The van der Waals surface area contributed by atoms with Crippen LogP contribution in [0.4, 0.5) is 5.69 Å². The van der Waals surface area contributed by atoms with Crippen molar-refractivity contribution in [1.29, 1.82) is 0 Å². The molecule has 10 heteroatoms. The number of halogens is 2. The lowest BCUT2D eigenvalue weighted by molar-refractivity contribution is -0.131. The highest BCUT2D eigenvalue weighted by Gasteiger charge is 2.15. The number of nitrogens with one attached hydrogen (secondary N) is 2. The Labute approximate surface area is 163 Å². The Morgan fingerprint density at radius 3 is 2.41 bits per heavy atom. The van der Waals surface area contributed by atoms with Gasteiger partial charge < -0.3 is 15.2 Å². The van der Waals surface area contributed by atoms with Crippen molar-refractivity contribution in [2.45, 2.75) is 19.8 Å². The second-order valence-electron chi connectivity index (χ2n) is 5.68. The van der Waals surface area contributed by atoms with Crippen molar-refractivity contribution < 1.29 is 19.4 Å². The van der Waals surface area contributed by atoms with Crippen LogP contribution in [0, 0.1) is 0 Å². The van der Waals surface area contributed by atoms with Crippen LogP contribution < -0.4 is 15.6 Å². The summed E-state index contributed by atoms with van der Waals surface area (Å²) < 4.78 is 5.58. The fourth-order valence-electron chi connectivity index (χ4n) is 2.05. The first kappa shape index (κ1) is 20.5. The quantitative estimate of drug-likeness (QED) is 0.624. The molecule has 0 aliphatic rings. The predicted octanol–water partition coefficient (Wildman–Crippen LogP) is 3.57. The van der Waals surface area contributed by atoms with E-state index in [-0.39, 0.29) is 38.8 Å². The number of carbonyl (C=O) groups excluding carboxylic acids is 1. The molecule has 0 spiro atoms. The van der Waals surface area contributed by atoms with Gasteiger partial charge in [-0.2, -0.15) is 0 Å². The number of rotatable bonds is 6. The summed E-state index contributed by atoms with van der Waals surface area (Å²) in [6.45, 7) is 3.70. The van der Waals surface area contributed by atoms with Gasteiger partial charge in [0.05, 0.1) is 10.0 Å². The van der Waals surface area contributed by atoms with Crippen LogP contribution in [0.3, 0.4) is 0 Å². The number of carbonyl (C=O) groups is 2. The Morgan fingerprint density at radius 2 is 1.85 bits per heavy atom. The molecule has 1 heterocycles. The fraction of sp³-hybridized carbons (Fsp3) is 0.176. The first-order valence-corrected chi connectivity index (χ1v) is 8.41. The van der Waals surface area contributed by atoms with Gasteiger partial charge >= 0.3 is 5.97 Å². The number of anilines is 1. The Morgan fingerprint density at radius 1 is 1.22 bits per heavy atom. The van der Waals surface area contributed by atoms with E-state index in [1.54, 1.807) is 0 Å². The molecule has 27 heavy (non-hydrogen) atoms. The van der Waals surface area contributed by atoms with Gasteiger partial charge in [-0.3, -0.25) is 9.59 Å². The highest BCUT2D eigenvalue weighted by Crippen LogP contribution is 2.38. The molecule has 1 amide bonds. The van der Waals surface area contributed by atoms with Crippen molar-refractivity contribution in [1.82, 2.24) is 10.2 Å². The van der Waals surface area contributed by atoms with Crippen LogP contribution in [0.25, 0.3) is 0 Å². The zero-order chi connectivity index (χ0) is 20.1. The summed E-state index contributed by atoms with van der Waals surface area (Å²) in [5.41, 5.74) is 0.415. The maximum atomic E-state index is 11.7. The number of carboxylic acids is 1. The van der Waals surface area contributed by atoms with Gasteiger partial charge in [0.25, 0.3) is 5.56 Å². The minimum atomic E-state index is -1.25. The van der Waals surface area contributed by atoms with Crippen molar-refractivity contribution in [3.05, 3.63) is 56.3 Å². The smallest absolute Gasteiger partial charge is 0.328 e. The minimum absolute atomic E-state index is 0.0403. The first-order chi connectivity index (χ1) is 12.7. The third-order valence-electron chi connectivity index (χ3n) is 3.28. The number of aromatic amines is 1. The minimum Gasteiger partial charge on any atom is -0.478 e. The van der Waals surface area contributed by atoms with E-state index in [2.05, 4.69) is 15.5 Å². The molecular formula is C17H15Cl2N3O5. The van der Waals surface area contributed by atoms with Gasteiger partial charge in [0.2, 0.25) is 11.8 Å². The van der Waals surface area contributed by atoms with Crippen LogP contribution in [0.1, 0.15) is 25.3 Å². The molecule has 0 unspecified atom stereocenters. The SMILES string of the molecule is CC(C)c1cc(Oc2c(Cl)cc(NC(=O)/C=C/C(=O)O)cc2Cl)n[nH]c1=O. The average molecular weight is 412 g/mol. The molecule has 0 aliphatic heterocycles. The number of H-pyrrole nitrogens is 1. The van der Waals surface area contributed by atoms with E-state index in [1.165, 1.54) is 18.2 Å². The summed E-state index contributed by atoms with van der Waals surface area (Å²) in [4.78, 5) is 33.8. The summed E-state index contributed by atoms with van der Waals surface area (Å²) in [5, 5.41) is 17.2. The van der Waals surface area contributed by atoms with Gasteiger partial charge in [-0.1, -0.05) is 37.0 Å². The zero-order valence-corrected chi connectivity index (χ0v) is 15.8. The van der Waals surface area contributed by atoms with E-state index < -0.39 is 11.9 Å². The molecule has 0 atom stereocenters. The fourth-order valence-corrected chi connectivity index (χ4v) is 2.61. The van der Waals surface area contributed by atoms with E-state index >= 15 is 0 Å². The molecule has 0 fully saturated rings. The molecule has 0 radical (unpaired) electrons. The third kappa shape index (κ3) is 5.57. The number of carboxylic acid groups (broad SMARTS) is 1. The van der Waals surface area contributed by atoms with Gasteiger partial charge in [0.15, 0.2) is 5.75 Å². The van der Waals surface area contributed by atoms with Gasteiger partial charge in [-0.15, -0.1) is 5.10 Å². The summed E-state index contributed by atoms with van der Waals surface area (Å²) >= 11 is 12.3. The molecule has 0 bridgehead atoms. The molecule has 142 valence electrons. The monoisotopic (exact) mass is 411 g/mol. The van der Waals surface area contributed by atoms with E-state index in [1.807, 2.05) is 13.8 Å². The molecule has 0 saturated heterocycles. The molecule has 2 rings (SSSR count). The Hall–Kier alpha value is -2.84. The Bertz CT molecular complexity index is 946. The van der Waals surface area contributed by atoms with Gasteiger partial charge in [-0.25, -0.2) is 9.89 Å². The number of aromatic nitrogens is 2. The van der Waals surface area contributed by atoms with E-state index in [4.69, 9.17) is 33.0 Å². The van der Waals surface area contributed by atoms with E-state index in [9.17, 15) is 14.4 Å². The summed E-state index contributed by atoms with van der Waals surface area (Å²) in [7, 11) is 0. The van der Waals surface area contributed by atoms with Crippen LogP contribution in [-0.2, 0) is 9.59 Å². The lowest BCUT2D eigenvalue weighted by Crippen LogP contribution is -2.15. The topological polar surface area (TPSA) is 121 Å². The third-order valence-corrected chi connectivity index (χ3v) is 3.84. The van der Waals surface area contributed by atoms with E-state index in [0.29, 0.717) is 11.6 Å². The summed E-state index contributed by atoms with van der Waals surface area (Å²) in [6, 6.07) is 4.25. The van der Waals surface area contributed by atoms with Gasteiger partial charge in [0, 0.05) is 29.5 Å². The number of amides is 1. The first-order valence-electron chi connectivity index (χ1n) is 7.66. The highest BCUT2D eigenvalue weighted by molar-refractivity contribution is 6.37. The normalized spacial score (nSPS) is 11.0. The second-order valence-corrected chi connectivity index (χ2v) is 6.49. The van der Waals surface area contributed by atoms with Crippen molar-refractivity contribution in [2.75, 3.05) is 5.32 Å². The lowest BCUT2D eigenvalue weighted by atomic mass is 10.1. The maximum absolute atomic E-state index is 11.7. The highest BCUT2D eigenvalue weighted by atomic mass is 35.5. The lowest BCUT2D eigenvalue weighted by Gasteiger charge is -2.12. The maximum Gasteiger partial charge on any atom is 0.328 e. The standard InChI is InChI=1S/C17H15Cl2N3O5/c1-8(2)10-7-14(21-22-17(10)26)27-16-11(18)5-9(6-12(16)19)20-13(23)3-4-15(24)25/h3-8H,1-2H3,(H,20,23)(H,22,26)(H,24,25)/b4-3+. The molecule has 1 aromatic heterocycles. The number of benzene rings is 1. The molecular weight excluding hydrogens is 397 g/mol. The Kier molecular flexibility index (Phi) is 6.59. The van der Waals surface area contributed by atoms with E-state index in [0.717, 1.165) is 6.08 Å². The van der Waals surface area contributed by atoms with Crippen molar-refractivity contribution in [3.8, 4) is 11.6 Å². The molecule has 0 saturated carbocycles. The second kappa shape index (κ2) is 8.70. The average Bonchev–Trinajstić information content (AvgIpc) is 2.57. The summed E-state index contributed by atoms with van der Waals surface area (Å²) in [5.74, 6) is -1.77. The van der Waals surface area contributed by atoms with Crippen LogP contribution in [-0.4, -0.2) is 27.2 Å². The van der Waals surface area contributed by atoms with Gasteiger partial charge in [-0.05, 0) is 18.1 Å². The van der Waals surface area contributed by atoms with Crippen LogP contribution in [0.2, 0.25) is 10.0 Å². The number of aliphatic carboxylic acids is 1. The molecule has 0 aliphatic carbocycles. The number of nitrogens with zero attached hydrogens (tertiary/aromatic N) is 1. The zero-order valence-electron chi connectivity index (χ0n) is 14.2. The van der Waals surface area contributed by atoms with Crippen molar-refractivity contribution >= 4 is 40.8 Å². The molecule has 2 aromatic rings. The van der Waals surface area contributed by atoms with Crippen LogP contribution in [0.5, 0.6) is 11.6 Å². The molecule has 8 nitrogen and oxygen atoms in total. The number of ether oxygens (including phenoxy) is 1. The van der Waals surface area contributed by atoms with Crippen LogP contribution in [0.15, 0.2) is 35.1 Å². The van der Waals surface area contributed by atoms with Crippen LogP contribution >= 0.6 is 23.2 Å². The Balaban J connectivity index is 2.25. The summed E-state index contributed by atoms with van der Waals surface area (Å²) in [6.07, 6.45) is 1.55. The van der Waals surface area contributed by atoms with Gasteiger partial charge in [0.1, 0.15) is 0 Å². The predicted molar refractivity (Wildman–Crippen MR) is 101 cm³/mol. The van der Waals surface area contributed by atoms with Crippen molar-refractivity contribution in [2.24, 2.45) is 0 Å². The molecule has 3 N–H and O–H groups in total. The van der Waals surface area contributed by atoms with Crippen molar-refractivity contribution in [3.63, 3.8) is 0 Å². The number of hydrogen-bond donors (Lipinski definition) is 3. The largest absolute Gasteiger partial charge is 0.478 e.